The van der Waals surface area contributed by atoms with E-state index in [9.17, 15) is 22.8 Å². The van der Waals surface area contributed by atoms with Crippen LogP contribution in [0.1, 0.15) is 0 Å². The number of hydrogen-bond donors (Lipinski definition) is 0. The molecule has 2 rings (SSSR count). The van der Waals surface area contributed by atoms with E-state index in [1.54, 1.807) is 35.0 Å². The Morgan fingerprint density at radius 1 is 1.15 bits per heavy atom. The van der Waals surface area contributed by atoms with Crippen LogP contribution >= 0.6 is 0 Å². The Labute approximate surface area is 148 Å². The molecule has 0 saturated heterocycles. The second-order valence-electron chi connectivity index (χ2n) is 6.02. The van der Waals surface area contributed by atoms with Crippen molar-refractivity contribution in [2.45, 2.75) is 12.7 Å². The molecule has 26 heavy (non-hydrogen) atoms. The minimum Gasteiger partial charge on any atom is -0.497 e. The van der Waals surface area contributed by atoms with E-state index >= 15 is 0 Å². The maximum absolute atomic E-state index is 12.8. The van der Waals surface area contributed by atoms with Crippen molar-refractivity contribution in [3.05, 3.63) is 30.5 Å². The number of amides is 2. The van der Waals surface area contributed by atoms with Crippen molar-refractivity contribution >= 4 is 22.7 Å². The second-order valence-corrected chi connectivity index (χ2v) is 6.02. The van der Waals surface area contributed by atoms with E-state index in [1.165, 1.54) is 21.2 Å². The Kier molecular flexibility index (Phi) is 5.79. The standard InChI is InChI=1S/C17H20F3N3O3/c1-21(2)15(24)9-23(11-17(18,19)20)16(25)10-22-7-6-12-8-13(26-3)4-5-14(12)22/h4-8H,9-11H2,1-3H3. The zero-order valence-corrected chi connectivity index (χ0v) is 14.7. The van der Waals surface area contributed by atoms with Gasteiger partial charge in [0.05, 0.1) is 7.11 Å². The van der Waals surface area contributed by atoms with Crippen molar-refractivity contribution in [1.29, 1.82) is 0 Å². The number of carbonyl (C=O) groups excluding carboxylic acids is 2. The lowest BCUT2D eigenvalue weighted by atomic mass is 10.2. The largest absolute Gasteiger partial charge is 0.497 e. The van der Waals surface area contributed by atoms with Gasteiger partial charge in [-0.15, -0.1) is 0 Å². The number of halogens is 3. The van der Waals surface area contributed by atoms with Crippen LogP contribution in [-0.4, -0.2) is 66.7 Å². The Morgan fingerprint density at radius 3 is 2.42 bits per heavy atom. The summed E-state index contributed by atoms with van der Waals surface area (Å²) in [4.78, 5) is 25.9. The second kappa shape index (κ2) is 7.67. The van der Waals surface area contributed by atoms with Crippen molar-refractivity contribution < 1.29 is 27.5 Å². The summed E-state index contributed by atoms with van der Waals surface area (Å²) in [6.07, 6.45) is -2.98. The summed E-state index contributed by atoms with van der Waals surface area (Å²) in [5.74, 6) is -0.729. The van der Waals surface area contributed by atoms with Gasteiger partial charge in [0.1, 0.15) is 25.4 Å². The van der Waals surface area contributed by atoms with E-state index in [4.69, 9.17) is 4.74 Å². The highest BCUT2D eigenvalue weighted by Gasteiger charge is 2.34. The summed E-state index contributed by atoms with van der Waals surface area (Å²) in [5.41, 5.74) is 0.685. The highest BCUT2D eigenvalue weighted by Crippen LogP contribution is 2.22. The first kappa shape index (κ1) is 19.6. The van der Waals surface area contributed by atoms with Gasteiger partial charge in [-0.05, 0) is 24.3 Å². The number of alkyl halides is 3. The number of aromatic nitrogens is 1. The van der Waals surface area contributed by atoms with Gasteiger partial charge in [-0.3, -0.25) is 9.59 Å². The average Bonchev–Trinajstić information content (AvgIpc) is 2.94. The van der Waals surface area contributed by atoms with Crippen LogP contribution < -0.4 is 4.74 Å². The number of benzene rings is 1. The molecule has 0 aliphatic carbocycles. The summed E-state index contributed by atoms with van der Waals surface area (Å²) >= 11 is 0. The molecule has 0 aliphatic heterocycles. The van der Waals surface area contributed by atoms with Crippen LogP contribution in [0.4, 0.5) is 13.2 Å². The normalized spacial score (nSPS) is 11.5. The summed E-state index contributed by atoms with van der Waals surface area (Å²) in [6, 6.07) is 6.93. The van der Waals surface area contributed by atoms with E-state index in [0.29, 0.717) is 16.2 Å². The third-order valence-electron chi connectivity index (χ3n) is 3.83. The minimum absolute atomic E-state index is 0.299. The number of ether oxygens (including phenoxy) is 1. The summed E-state index contributed by atoms with van der Waals surface area (Å²) in [6.45, 7) is -2.40. The van der Waals surface area contributed by atoms with E-state index < -0.39 is 31.1 Å². The number of methoxy groups -OCH3 is 1. The molecule has 1 aromatic heterocycles. The molecule has 0 fully saturated rings. The molecular weight excluding hydrogens is 351 g/mol. The van der Waals surface area contributed by atoms with E-state index in [1.807, 2.05) is 0 Å². The predicted octanol–water partition coefficient (Wildman–Crippen LogP) is 2.13. The number of nitrogens with zero attached hydrogens (tertiary/aromatic N) is 3. The highest BCUT2D eigenvalue weighted by atomic mass is 19.4. The van der Waals surface area contributed by atoms with Crippen LogP contribution in [-0.2, 0) is 16.1 Å². The van der Waals surface area contributed by atoms with Crippen LogP contribution in [0.15, 0.2) is 30.5 Å². The van der Waals surface area contributed by atoms with Gasteiger partial charge in [0.25, 0.3) is 0 Å². The maximum atomic E-state index is 12.8. The zero-order valence-electron chi connectivity index (χ0n) is 14.7. The fourth-order valence-electron chi connectivity index (χ4n) is 2.44. The zero-order chi connectivity index (χ0) is 19.5. The number of rotatable bonds is 6. The van der Waals surface area contributed by atoms with Crippen LogP contribution in [0.2, 0.25) is 0 Å². The van der Waals surface area contributed by atoms with Crippen molar-refractivity contribution in [2.75, 3.05) is 34.3 Å². The van der Waals surface area contributed by atoms with E-state index in [-0.39, 0.29) is 6.54 Å². The van der Waals surface area contributed by atoms with Gasteiger partial charge in [0.2, 0.25) is 11.8 Å². The Bertz CT molecular complexity index is 799. The monoisotopic (exact) mass is 371 g/mol. The van der Waals surface area contributed by atoms with Crippen LogP contribution in [0, 0.1) is 0 Å². The number of likely N-dealkylation sites (N-methyl/N-ethyl adjacent to an activating group) is 1. The molecule has 142 valence electrons. The maximum Gasteiger partial charge on any atom is 0.406 e. The summed E-state index contributed by atoms with van der Waals surface area (Å²) in [7, 11) is 4.37. The molecule has 0 spiro atoms. The minimum atomic E-state index is -4.59. The van der Waals surface area contributed by atoms with Gasteiger partial charge in [-0.2, -0.15) is 13.2 Å². The van der Waals surface area contributed by atoms with Gasteiger partial charge in [-0.25, -0.2) is 0 Å². The fraction of sp³-hybridized carbons (Fsp3) is 0.412. The first-order valence-electron chi connectivity index (χ1n) is 7.78. The number of hydrogen-bond acceptors (Lipinski definition) is 3. The van der Waals surface area contributed by atoms with Gasteiger partial charge in [0.15, 0.2) is 0 Å². The lowest BCUT2D eigenvalue weighted by molar-refractivity contribution is -0.164. The number of fused-ring (bicyclic) bond motifs is 1. The molecule has 0 saturated carbocycles. The molecule has 9 heteroatoms. The van der Waals surface area contributed by atoms with Crippen LogP contribution in [0.5, 0.6) is 5.75 Å². The molecule has 0 unspecified atom stereocenters. The van der Waals surface area contributed by atoms with Crippen molar-refractivity contribution in [3.8, 4) is 5.75 Å². The highest BCUT2D eigenvalue weighted by molar-refractivity contribution is 5.87. The Morgan fingerprint density at radius 2 is 1.85 bits per heavy atom. The quantitative estimate of drug-likeness (QED) is 0.782. The molecular formula is C17H20F3N3O3. The fourth-order valence-corrected chi connectivity index (χ4v) is 2.44. The van der Waals surface area contributed by atoms with Gasteiger partial charge >= 0.3 is 6.18 Å². The molecule has 6 nitrogen and oxygen atoms in total. The summed E-state index contributed by atoms with van der Waals surface area (Å²) in [5, 5.41) is 0.795. The first-order chi connectivity index (χ1) is 12.1. The summed E-state index contributed by atoms with van der Waals surface area (Å²) < 4.78 is 45.0. The molecule has 2 amide bonds. The van der Waals surface area contributed by atoms with Gasteiger partial charge in [0, 0.05) is 31.2 Å². The third kappa shape index (κ3) is 4.90. The molecule has 0 radical (unpaired) electrons. The van der Waals surface area contributed by atoms with Crippen LogP contribution in [0.25, 0.3) is 10.9 Å². The first-order valence-corrected chi connectivity index (χ1v) is 7.78. The van der Waals surface area contributed by atoms with E-state index in [2.05, 4.69) is 0 Å². The van der Waals surface area contributed by atoms with E-state index in [0.717, 1.165) is 10.3 Å². The molecule has 1 heterocycles. The SMILES string of the molecule is COc1ccc2c(ccn2CC(=O)N(CC(=O)N(C)C)CC(F)(F)F)c1. The predicted molar refractivity (Wildman–Crippen MR) is 89.8 cm³/mol. The van der Waals surface area contributed by atoms with Gasteiger partial charge < -0.3 is 19.1 Å². The average molecular weight is 371 g/mol. The lowest BCUT2D eigenvalue weighted by Crippen LogP contribution is -2.46. The molecule has 2 aromatic rings. The molecule has 1 aromatic carbocycles. The lowest BCUT2D eigenvalue weighted by Gasteiger charge is -2.25. The van der Waals surface area contributed by atoms with Crippen molar-refractivity contribution in [2.24, 2.45) is 0 Å². The molecule has 0 bridgehead atoms. The van der Waals surface area contributed by atoms with Gasteiger partial charge in [-0.1, -0.05) is 0 Å². The number of carbonyl (C=O) groups is 2. The van der Waals surface area contributed by atoms with Crippen LogP contribution in [0.3, 0.4) is 0 Å². The molecule has 0 atom stereocenters. The third-order valence-corrected chi connectivity index (χ3v) is 3.83. The smallest absolute Gasteiger partial charge is 0.406 e. The molecule has 0 N–H and O–H groups in total. The Hall–Kier alpha value is -2.71. The van der Waals surface area contributed by atoms with Crippen molar-refractivity contribution in [3.63, 3.8) is 0 Å². The molecule has 0 aliphatic rings. The topological polar surface area (TPSA) is 54.8 Å². The van der Waals surface area contributed by atoms with Crippen molar-refractivity contribution in [1.82, 2.24) is 14.4 Å². The Balaban J connectivity index is 2.21.